The molecule has 1 atom stereocenters. The number of amides is 1. The predicted octanol–water partition coefficient (Wildman–Crippen LogP) is 1.96. The lowest BCUT2D eigenvalue weighted by atomic mass is 10.2. The minimum atomic E-state index is -0.434. The molecule has 1 aliphatic heterocycles. The zero-order valence-corrected chi connectivity index (χ0v) is 10.9. The molecule has 2 rings (SSSR count). The Hall–Kier alpha value is -1.55. The Morgan fingerprint density at radius 3 is 2.72 bits per heavy atom. The molecule has 4 heteroatoms. The fourth-order valence-electron chi connectivity index (χ4n) is 2.22. The van der Waals surface area contributed by atoms with Gasteiger partial charge in [0.25, 0.3) is 0 Å². The van der Waals surface area contributed by atoms with Crippen LogP contribution in [-0.2, 0) is 4.79 Å². The third-order valence-corrected chi connectivity index (χ3v) is 3.39. The molecular weight excluding hydrogens is 226 g/mol. The summed E-state index contributed by atoms with van der Waals surface area (Å²) in [5, 5.41) is 2.93. The fourth-order valence-corrected chi connectivity index (χ4v) is 2.22. The molecule has 1 heterocycles. The summed E-state index contributed by atoms with van der Waals surface area (Å²) in [4.78, 5) is 14.2. The summed E-state index contributed by atoms with van der Waals surface area (Å²) in [6, 6.07) is 7.50. The van der Waals surface area contributed by atoms with Crippen LogP contribution in [0.5, 0.6) is 0 Å². The van der Waals surface area contributed by atoms with Crippen molar-refractivity contribution in [3.63, 3.8) is 0 Å². The summed E-state index contributed by atoms with van der Waals surface area (Å²) in [6.45, 7) is 4.04. The number of carbonyl (C=O) groups excluding carboxylic acids is 1. The summed E-state index contributed by atoms with van der Waals surface area (Å²) in [5.74, 6) is -0.107. The summed E-state index contributed by atoms with van der Waals surface area (Å²) in [5.41, 5.74) is 7.71. The van der Waals surface area contributed by atoms with E-state index in [4.69, 9.17) is 5.73 Å². The van der Waals surface area contributed by atoms with Crippen LogP contribution in [0.25, 0.3) is 0 Å². The Labute approximate surface area is 108 Å². The second kappa shape index (κ2) is 5.87. The summed E-state index contributed by atoms with van der Waals surface area (Å²) in [6.07, 6.45) is 3.09. The SMILES string of the molecule is CCC(N)C(=O)Nc1ccccc1N1CCCC1. The van der Waals surface area contributed by atoms with Crippen molar-refractivity contribution in [2.45, 2.75) is 32.2 Å². The molecule has 0 aliphatic carbocycles. The number of para-hydroxylation sites is 2. The Kier molecular flexibility index (Phi) is 4.20. The van der Waals surface area contributed by atoms with Gasteiger partial charge >= 0.3 is 0 Å². The first-order valence-corrected chi connectivity index (χ1v) is 6.62. The molecule has 1 fully saturated rings. The van der Waals surface area contributed by atoms with Crippen LogP contribution < -0.4 is 16.0 Å². The lowest BCUT2D eigenvalue weighted by molar-refractivity contribution is -0.117. The zero-order chi connectivity index (χ0) is 13.0. The summed E-state index contributed by atoms with van der Waals surface area (Å²) >= 11 is 0. The van der Waals surface area contributed by atoms with E-state index in [1.165, 1.54) is 12.8 Å². The van der Waals surface area contributed by atoms with Crippen molar-refractivity contribution in [2.24, 2.45) is 5.73 Å². The first kappa shape index (κ1) is 12.9. The van der Waals surface area contributed by atoms with Crippen molar-refractivity contribution in [3.8, 4) is 0 Å². The van der Waals surface area contributed by atoms with Gasteiger partial charge in [0.1, 0.15) is 0 Å². The van der Waals surface area contributed by atoms with Gasteiger partial charge in [-0.1, -0.05) is 19.1 Å². The third-order valence-electron chi connectivity index (χ3n) is 3.39. The second-order valence-corrected chi connectivity index (χ2v) is 4.72. The van der Waals surface area contributed by atoms with E-state index in [0.717, 1.165) is 24.5 Å². The maximum atomic E-state index is 11.9. The number of nitrogens with one attached hydrogen (secondary N) is 1. The van der Waals surface area contributed by atoms with Crippen molar-refractivity contribution in [1.29, 1.82) is 0 Å². The highest BCUT2D eigenvalue weighted by atomic mass is 16.2. The Morgan fingerprint density at radius 2 is 2.06 bits per heavy atom. The molecule has 4 nitrogen and oxygen atoms in total. The first-order valence-electron chi connectivity index (χ1n) is 6.62. The maximum absolute atomic E-state index is 11.9. The highest BCUT2D eigenvalue weighted by molar-refractivity contribution is 5.97. The predicted molar refractivity (Wildman–Crippen MR) is 74.8 cm³/mol. The topological polar surface area (TPSA) is 58.4 Å². The van der Waals surface area contributed by atoms with Crippen LogP contribution in [0.1, 0.15) is 26.2 Å². The smallest absolute Gasteiger partial charge is 0.241 e. The van der Waals surface area contributed by atoms with E-state index in [2.05, 4.69) is 16.3 Å². The minimum Gasteiger partial charge on any atom is -0.370 e. The van der Waals surface area contributed by atoms with E-state index < -0.39 is 6.04 Å². The van der Waals surface area contributed by atoms with Gasteiger partial charge < -0.3 is 16.0 Å². The van der Waals surface area contributed by atoms with Gasteiger partial charge in [0, 0.05) is 13.1 Å². The van der Waals surface area contributed by atoms with E-state index in [0.29, 0.717) is 6.42 Å². The van der Waals surface area contributed by atoms with Crippen LogP contribution in [0, 0.1) is 0 Å². The van der Waals surface area contributed by atoms with Crippen LogP contribution in [0.4, 0.5) is 11.4 Å². The monoisotopic (exact) mass is 247 g/mol. The number of benzene rings is 1. The molecule has 0 spiro atoms. The lowest BCUT2D eigenvalue weighted by Gasteiger charge is -2.22. The summed E-state index contributed by atoms with van der Waals surface area (Å²) in [7, 11) is 0. The zero-order valence-electron chi connectivity index (χ0n) is 10.9. The van der Waals surface area contributed by atoms with Crippen molar-refractivity contribution in [3.05, 3.63) is 24.3 Å². The van der Waals surface area contributed by atoms with Crippen molar-refractivity contribution in [1.82, 2.24) is 0 Å². The van der Waals surface area contributed by atoms with Gasteiger partial charge in [0.15, 0.2) is 0 Å². The molecule has 1 aromatic carbocycles. The van der Waals surface area contributed by atoms with E-state index in [-0.39, 0.29) is 5.91 Å². The van der Waals surface area contributed by atoms with Crippen molar-refractivity contribution >= 4 is 17.3 Å². The maximum Gasteiger partial charge on any atom is 0.241 e. The Balaban J connectivity index is 2.14. The Morgan fingerprint density at radius 1 is 1.39 bits per heavy atom. The number of nitrogens with zero attached hydrogens (tertiary/aromatic N) is 1. The normalized spacial score (nSPS) is 16.7. The number of hydrogen-bond acceptors (Lipinski definition) is 3. The molecule has 0 bridgehead atoms. The number of carbonyl (C=O) groups is 1. The standard InChI is InChI=1S/C14H21N3O/c1-2-11(15)14(18)16-12-7-3-4-8-13(12)17-9-5-6-10-17/h3-4,7-8,11H,2,5-6,9-10,15H2,1H3,(H,16,18). The molecule has 98 valence electrons. The number of rotatable bonds is 4. The van der Waals surface area contributed by atoms with E-state index in [9.17, 15) is 4.79 Å². The van der Waals surface area contributed by atoms with E-state index in [1.54, 1.807) is 0 Å². The van der Waals surface area contributed by atoms with Gasteiger partial charge in [0.05, 0.1) is 17.4 Å². The van der Waals surface area contributed by atoms with Crippen LogP contribution in [0.15, 0.2) is 24.3 Å². The van der Waals surface area contributed by atoms with E-state index >= 15 is 0 Å². The van der Waals surface area contributed by atoms with Gasteiger partial charge in [-0.25, -0.2) is 0 Å². The largest absolute Gasteiger partial charge is 0.370 e. The van der Waals surface area contributed by atoms with Gasteiger partial charge in [-0.2, -0.15) is 0 Å². The second-order valence-electron chi connectivity index (χ2n) is 4.72. The van der Waals surface area contributed by atoms with Gasteiger partial charge in [-0.3, -0.25) is 4.79 Å². The molecule has 1 aromatic rings. The molecule has 1 amide bonds. The third kappa shape index (κ3) is 2.82. The Bertz CT molecular complexity index is 413. The van der Waals surface area contributed by atoms with Gasteiger partial charge in [-0.05, 0) is 31.4 Å². The summed E-state index contributed by atoms with van der Waals surface area (Å²) < 4.78 is 0. The lowest BCUT2D eigenvalue weighted by Crippen LogP contribution is -2.35. The van der Waals surface area contributed by atoms with Gasteiger partial charge in [-0.15, -0.1) is 0 Å². The van der Waals surface area contributed by atoms with Gasteiger partial charge in [0.2, 0.25) is 5.91 Å². The molecule has 1 saturated heterocycles. The minimum absolute atomic E-state index is 0.107. The van der Waals surface area contributed by atoms with Crippen LogP contribution in [-0.4, -0.2) is 25.0 Å². The molecule has 0 saturated carbocycles. The molecule has 0 radical (unpaired) electrons. The number of anilines is 2. The molecule has 3 N–H and O–H groups in total. The van der Waals surface area contributed by atoms with Crippen molar-refractivity contribution < 1.29 is 4.79 Å². The van der Waals surface area contributed by atoms with Crippen molar-refractivity contribution in [2.75, 3.05) is 23.3 Å². The van der Waals surface area contributed by atoms with E-state index in [1.807, 2.05) is 25.1 Å². The highest BCUT2D eigenvalue weighted by Crippen LogP contribution is 2.28. The average molecular weight is 247 g/mol. The highest BCUT2D eigenvalue weighted by Gasteiger charge is 2.18. The number of hydrogen-bond donors (Lipinski definition) is 2. The molecule has 1 unspecified atom stereocenters. The first-order chi connectivity index (χ1) is 8.72. The average Bonchev–Trinajstić information content (AvgIpc) is 2.92. The van der Waals surface area contributed by atoms with Crippen LogP contribution in [0.2, 0.25) is 0 Å². The molecular formula is C14H21N3O. The quantitative estimate of drug-likeness (QED) is 0.855. The van der Waals surface area contributed by atoms with Crippen LogP contribution >= 0.6 is 0 Å². The molecule has 1 aliphatic rings. The fraction of sp³-hybridized carbons (Fsp3) is 0.500. The number of nitrogens with two attached hydrogens (primary N) is 1. The van der Waals surface area contributed by atoms with Crippen LogP contribution in [0.3, 0.4) is 0 Å². The molecule has 0 aromatic heterocycles. The molecule has 18 heavy (non-hydrogen) atoms.